The van der Waals surface area contributed by atoms with Crippen LogP contribution in [-0.2, 0) is 0 Å². The first-order valence-corrected chi connectivity index (χ1v) is 4.06. The van der Waals surface area contributed by atoms with Crippen molar-refractivity contribution in [2.75, 3.05) is 0 Å². The van der Waals surface area contributed by atoms with Gasteiger partial charge < -0.3 is 4.74 Å². The van der Waals surface area contributed by atoms with Gasteiger partial charge in [-0.15, -0.1) is 13.2 Å². The van der Waals surface area contributed by atoms with Crippen LogP contribution in [0.2, 0.25) is 0 Å². The molecule has 0 saturated carbocycles. The minimum absolute atomic E-state index is 0.710. The van der Waals surface area contributed by atoms with E-state index in [-0.39, 0.29) is 0 Å². The van der Waals surface area contributed by atoms with E-state index in [4.69, 9.17) is 0 Å². The fraction of sp³-hybridized carbons (Fsp3) is 0.100. The first kappa shape index (κ1) is 12.2. The molecule has 0 unspecified atom stereocenters. The fourth-order valence-corrected chi connectivity index (χ4v) is 1.06. The highest BCUT2D eigenvalue weighted by atomic mass is 19.4. The Morgan fingerprint density at radius 1 is 1.38 bits per heavy atom. The normalized spacial score (nSPS) is 11.0. The van der Waals surface area contributed by atoms with Crippen molar-refractivity contribution in [2.24, 2.45) is 0 Å². The number of ether oxygens (including phenoxy) is 1. The van der Waals surface area contributed by atoms with Gasteiger partial charge in [-0.3, -0.25) is 4.79 Å². The molecule has 0 amide bonds. The van der Waals surface area contributed by atoms with E-state index in [0.717, 1.165) is 18.2 Å². The van der Waals surface area contributed by atoms with E-state index >= 15 is 0 Å². The quantitative estimate of drug-likeness (QED) is 0.456. The monoisotopic (exact) mass is 234 g/mol. The maximum atomic E-state index is 13.1. The van der Waals surface area contributed by atoms with Crippen LogP contribution >= 0.6 is 0 Å². The number of ketones is 1. The van der Waals surface area contributed by atoms with Gasteiger partial charge in [0, 0.05) is 0 Å². The summed E-state index contributed by atoms with van der Waals surface area (Å²) in [6.45, 7) is 3.06. The van der Waals surface area contributed by atoms with Gasteiger partial charge in [-0.05, 0) is 18.2 Å². The first-order chi connectivity index (χ1) is 7.35. The highest BCUT2D eigenvalue weighted by Crippen LogP contribution is 2.28. The van der Waals surface area contributed by atoms with Gasteiger partial charge >= 0.3 is 6.36 Å². The van der Waals surface area contributed by atoms with Crippen molar-refractivity contribution >= 4 is 5.78 Å². The molecule has 0 N–H and O–H groups in total. The molecule has 2 nitrogen and oxygen atoms in total. The topological polar surface area (TPSA) is 26.3 Å². The van der Waals surface area contributed by atoms with Crippen LogP contribution in [0.1, 0.15) is 10.4 Å². The lowest BCUT2D eigenvalue weighted by Gasteiger charge is -2.11. The number of carbonyl (C=O) groups is 1. The van der Waals surface area contributed by atoms with E-state index in [0.29, 0.717) is 6.08 Å². The summed E-state index contributed by atoms with van der Waals surface area (Å²) in [5.74, 6) is -2.94. The maximum Gasteiger partial charge on any atom is 0.573 e. The summed E-state index contributed by atoms with van der Waals surface area (Å²) >= 11 is 0. The van der Waals surface area contributed by atoms with Crippen molar-refractivity contribution in [3.63, 3.8) is 0 Å². The Morgan fingerprint density at radius 3 is 2.50 bits per heavy atom. The van der Waals surface area contributed by atoms with Crippen LogP contribution in [0.3, 0.4) is 0 Å². The summed E-state index contributed by atoms with van der Waals surface area (Å²) in [5, 5.41) is 0. The third kappa shape index (κ3) is 2.82. The number of hydrogen-bond acceptors (Lipinski definition) is 2. The number of carbonyl (C=O) groups excluding carboxylic acids is 1. The zero-order valence-corrected chi connectivity index (χ0v) is 7.84. The lowest BCUT2D eigenvalue weighted by Crippen LogP contribution is -2.19. The lowest BCUT2D eigenvalue weighted by molar-refractivity contribution is -0.274. The van der Waals surface area contributed by atoms with E-state index in [2.05, 4.69) is 11.3 Å². The second-order valence-corrected chi connectivity index (χ2v) is 2.73. The van der Waals surface area contributed by atoms with Gasteiger partial charge in [-0.1, -0.05) is 12.6 Å². The molecule has 16 heavy (non-hydrogen) atoms. The summed E-state index contributed by atoms with van der Waals surface area (Å²) < 4.78 is 52.5. The second-order valence-electron chi connectivity index (χ2n) is 2.73. The van der Waals surface area contributed by atoms with Gasteiger partial charge in [0.05, 0.1) is 5.56 Å². The Balaban J connectivity index is 3.23. The Kier molecular flexibility index (Phi) is 3.31. The Bertz CT molecular complexity index is 423. The zero-order valence-electron chi connectivity index (χ0n) is 7.84. The van der Waals surface area contributed by atoms with Crippen LogP contribution in [0.5, 0.6) is 5.75 Å². The molecule has 1 aromatic rings. The smallest absolute Gasteiger partial charge is 0.405 e. The minimum Gasteiger partial charge on any atom is -0.405 e. The van der Waals surface area contributed by atoms with Crippen LogP contribution in [0.4, 0.5) is 17.6 Å². The number of benzene rings is 1. The number of allylic oxidation sites excluding steroid dienone is 1. The van der Waals surface area contributed by atoms with Gasteiger partial charge in [-0.25, -0.2) is 4.39 Å². The van der Waals surface area contributed by atoms with Crippen LogP contribution in [0.15, 0.2) is 30.9 Å². The van der Waals surface area contributed by atoms with Gasteiger partial charge in [-0.2, -0.15) is 0 Å². The summed E-state index contributed by atoms with van der Waals surface area (Å²) in [5.41, 5.74) is -0.783. The van der Waals surface area contributed by atoms with Crippen molar-refractivity contribution < 1.29 is 27.1 Å². The molecule has 0 atom stereocenters. The van der Waals surface area contributed by atoms with E-state index in [1.807, 2.05) is 0 Å². The maximum absolute atomic E-state index is 13.1. The summed E-state index contributed by atoms with van der Waals surface area (Å²) in [7, 11) is 0. The van der Waals surface area contributed by atoms with Crippen LogP contribution in [0.25, 0.3) is 0 Å². The molecule has 0 saturated heterocycles. The molecule has 0 fully saturated rings. The van der Waals surface area contributed by atoms with Crippen LogP contribution < -0.4 is 4.74 Å². The van der Waals surface area contributed by atoms with Crippen molar-refractivity contribution in [3.05, 3.63) is 42.2 Å². The van der Waals surface area contributed by atoms with Gasteiger partial charge in [0.15, 0.2) is 5.78 Å². The van der Waals surface area contributed by atoms with Crippen LogP contribution in [-0.4, -0.2) is 12.1 Å². The molecule has 0 bridgehead atoms. The molecule has 0 radical (unpaired) electrons. The molecule has 0 aliphatic carbocycles. The summed E-state index contributed by atoms with van der Waals surface area (Å²) in [6.07, 6.45) is -4.27. The number of rotatable bonds is 3. The fourth-order valence-electron chi connectivity index (χ4n) is 1.06. The predicted octanol–water partition coefficient (Wildman–Crippen LogP) is 3.09. The van der Waals surface area contributed by atoms with E-state index in [1.165, 1.54) is 0 Å². The van der Waals surface area contributed by atoms with Crippen molar-refractivity contribution in [1.29, 1.82) is 0 Å². The Labute approximate surface area is 88.1 Å². The number of hydrogen-bond donors (Lipinski definition) is 0. The molecule has 1 rings (SSSR count). The Morgan fingerprint density at radius 2 is 2.00 bits per heavy atom. The van der Waals surface area contributed by atoms with Crippen molar-refractivity contribution in [1.82, 2.24) is 0 Å². The average Bonchev–Trinajstić information content (AvgIpc) is 2.14. The average molecular weight is 234 g/mol. The number of halogens is 4. The molecule has 6 heteroatoms. The van der Waals surface area contributed by atoms with Gasteiger partial charge in [0.25, 0.3) is 0 Å². The van der Waals surface area contributed by atoms with Gasteiger partial charge in [0.1, 0.15) is 11.6 Å². The Hall–Kier alpha value is -1.85. The van der Waals surface area contributed by atoms with Crippen molar-refractivity contribution in [2.45, 2.75) is 6.36 Å². The molecular formula is C10H6F4O2. The molecular weight excluding hydrogens is 228 g/mol. The largest absolute Gasteiger partial charge is 0.573 e. The molecule has 0 heterocycles. The van der Waals surface area contributed by atoms with E-state index < -0.39 is 29.3 Å². The van der Waals surface area contributed by atoms with E-state index in [1.54, 1.807) is 0 Å². The highest BCUT2D eigenvalue weighted by molar-refractivity contribution is 6.06. The summed E-state index contributed by atoms with van der Waals surface area (Å²) in [4.78, 5) is 11.1. The number of alkyl halides is 3. The third-order valence-corrected chi connectivity index (χ3v) is 1.63. The molecule has 0 aliphatic heterocycles. The molecule has 0 spiro atoms. The highest BCUT2D eigenvalue weighted by Gasteiger charge is 2.33. The molecule has 1 aromatic carbocycles. The standard InChI is InChI=1S/C10H6F4O2/c1-2-7(15)9-6(11)4-3-5-8(9)16-10(12,13)14/h2-5H,1H2. The van der Waals surface area contributed by atoms with Gasteiger partial charge in [0.2, 0.25) is 0 Å². The zero-order chi connectivity index (χ0) is 12.3. The third-order valence-electron chi connectivity index (χ3n) is 1.63. The lowest BCUT2D eigenvalue weighted by atomic mass is 10.1. The SMILES string of the molecule is C=CC(=O)c1c(F)cccc1OC(F)(F)F. The molecule has 0 aliphatic rings. The molecule has 0 aromatic heterocycles. The van der Waals surface area contributed by atoms with Crippen molar-refractivity contribution in [3.8, 4) is 5.75 Å². The minimum atomic E-state index is -4.98. The molecule has 86 valence electrons. The second kappa shape index (κ2) is 4.34. The first-order valence-electron chi connectivity index (χ1n) is 4.06. The van der Waals surface area contributed by atoms with E-state index in [9.17, 15) is 22.4 Å². The summed E-state index contributed by atoms with van der Waals surface area (Å²) in [6, 6.07) is 2.73. The predicted molar refractivity (Wildman–Crippen MR) is 47.6 cm³/mol. The van der Waals surface area contributed by atoms with Crippen LogP contribution in [0, 0.1) is 5.82 Å².